The summed E-state index contributed by atoms with van der Waals surface area (Å²) in [4.78, 5) is 68.5. The van der Waals surface area contributed by atoms with Crippen LogP contribution in [0.2, 0.25) is 0 Å². The molecule has 0 spiro atoms. The van der Waals surface area contributed by atoms with Gasteiger partial charge in [0.1, 0.15) is 23.7 Å². The topological polar surface area (TPSA) is 249 Å². The molecule has 15 heteroatoms. The zero-order valence-electron chi connectivity index (χ0n) is 32.1. The number of nitrogens with two attached hydrogens (primary N) is 2. The number of carboxylic acids is 1. The van der Waals surface area contributed by atoms with Crippen molar-refractivity contribution in [1.29, 1.82) is 0 Å². The van der Waals surface area contributed by atoms with Crippen LogP contribution >= 0.6 is 0 Å². The van der Waals surface area contributed by atoms with Gasteiger partial charge in [-0.15, -0.1) is 0 Å². The van der Waals surface area contributed by atoms with Crippen LogP contribution in [-0.4, -0.2) is 118 Å². The number of aliphatic carboxylic acids is 1. The molecule has 1 aliphatic rings. The highest BCUT2D eigenvalue weighted by molar-refractivity contribution is 5.95. The van der Waals surface area contributed by atoms with Gasteiger partial charge in [-0.05, 0) is 62.1 Å². The lowest BCUT2D eigenvalue weighted by Crippen LogP contribution is -2.60. The Kier molecular flexibility index (Phi) is 18.7. The van der Waals surface area contributed by atoms with E-state index in [-0.39, 0.29) is 70.2 Å². The Morgan fingerprint density at radius 2 is 1.33 bits per heavy atom. The van der Waals surface area contributed by atoms with Crippen molar-refractivity contribution in [2.75, 3.05) is 32.8 Å². The number of nitrogens with zero attached hydrogens (tertiary/aromatic N) is 1. The smallest absolute Gasteiger partial charge is 0.323 e. The maximum absolute atomic E-state index is 14.0. The lowest BCUT2D eigenvalue weighted by molar-refractivity contribution is -0.148. The van der Waals surface area contributed by atoms with Crippen molar-refractivity contribution in [3.05, 3.63) is 71.8 Å². The van der Waals surface area contributed by atoms with Crippen LogP contribution in [-0.2, 0) is 36.8 Å². The summed E-state index contributed by atoms with van der Waals surface area (Å²) in [7, 11) is 0. The van der Waals surface area contributed by atoms with Crippen LogP contribution in [0.4, 0.5) is 0 Å². The molecule has 11 N–H and O–H groups in total. The largest absolute Gasteiger partial charge is 0.480 e. The van der Waals surface area contributed by atoms with E-state index in [2.05, 4.69) is 21.3 Å². The number of rotatable bonds is 23. The number of carboxylic acid groups (broad SMARTS) is 1. The van der Waals surface area contributed by atoms with Crippen LogP contribution in [0, 0.1) is 5.92 Å². The normalized spacial score (nSPS) is 16.7. The Bertz CT molecular complexity index is 1510. The van der Waals surface area contributed by atoms with Gasteiger partial charge in [0.05, 0.1) is 18.8 Å². The second kappa shape index (κ2) is 22.8. The summed E-state index contributed by atoms with van der Waals surface area (Å²) < 4.78 is 0. The molecule has 0 radical (unpaired) electrons. The number of piperidine rings is 1. The fourth-order valence-corrected chi connectivity index (χ4v) is 6.47. The fourth-order valence-electron chi connectivity index (χ4n) is 6.47. The van der Waals surface area contributed by atoms with E-state index in [1.54, 1.807) is 0 Å². The molecule has 1 saturated heterocycles. The molecule has 304 valence electrons. The van der Waals surface area contributed by atoms with Gasteiger partial charge in [0, 0.05) is 26.1 Å². The SMILES string of the molecule is CC(C)C[C@@H](NC(=O)[C@@H](Cc1ccccc1)NC(=O)[C@H](N)Cc1ccccc1)C(=O)N[C@H](CCCCCNC[C@@H](O)CO)C(=O)N1CCC(N)(C(=O)O)CC1. The quantitative estimate of drug-likeness (QED) is 0.0692. The van der Waals surface area contributed by atoms with Crippen LogP contribution in [0.5, 0.6) is 0 Å². The summed E-state index contributed by atoms with van der Waals surface area (Å²) in [5.41, 5.74) is 12.6. The molecule has 15 nitrogen and oxygen atoms in total. The van der Waals surface area contributed by atoms with Crippen molar-refractivity contribution in [2.24, 2.45) is 17.4 Å². The number of nitrogens with one attached hydrogen (secondary N) is 4. The van der Waals surface area contributed by atoms with Gasteiger partial charge in [-0.3, -0.25) is 24.0 Å². The van der Waals surface area contributed by atoms with Crippen molar-refractivity contribution in [2.45, 2.75) is 107 Å². The van der Waals surface area contributed by atoms with E-state index < -0.39 is 59.5 Å². The fraction of sp³-hybridized carbons (Fsp3) is 0.575. The van der Waals surface area contributed by atoms with Gasteiger partial charge in [0.25, 0.3) is 0 Å². The number of benzene rings is 2. The summed E-state index contributed by atoms with van der Waals surface area (Å²) in [6.07, 6.45) is 2.23. The van der Waals surface area contributed by atoms with Crippen LogP contribution < -0.4 is 32.7 Å². The van der Waals surface area contributed by atoms with Gasteiger partial charge in [-0.1, -0.05) is 87.4 Å². The average Bonchev–Trinajstić information content (AvgIpc) is 3.16. The molecule has 0 bridgehead atoms. The second-order valence-electron chi connectivity index (χ2n) is 15.0. The summed E-state index contributed by atoms with van der Waals surface area (Å²) in [6, 6.07) is 14.5. The lowest BCUT2D eigenvalue weighted by atomic mass is 9.88. The first-order chi connectivity index (χ1) is 26.2. The Balaban J connectivity index is 1.75. The van der Waals surface area contributed by atoms with Crippen LogP contribution in [0.3, 0.4) is 0 Å². The zero-order chi connectivity index (χ0) is 40.4. The second-order valence-corrected chi connectivity index (χ2v) is 15.0. The van der Waals surface area contributed by atoms with Gasteiger partial charge in [0.2, 0.25) is 23.6 Å². The van der Waals surface area contributed by atoms with Gasteiger partial charge < -0.3 is 53.0 Å². The van der Waals surface area contributed by atoms with Crippen LogP contribution in [0.15, 0.2) is 60.7 Å². The highest BCUT2D eigenvalue weighted by Gasteiger charge is 2.40. The van der Waals surface area contributed by atoms with E-state index in [4.69, 9.17) is 16.6 Å². The standard InChI is InChI=1S/C40H61N7O8/c1-27(2)22-33(46-37(52)34(24-29-14-8-4-9-15-29)45-35(50)31(41)23-28-12-6-3-7-13-28)36(51)44-32(16-10-5-11-19-43-25-30(49)26-48)38(53)47-20-17-40(42,18-21-47)39(54)55/h3-4,6-9,12-15,27,30-34,43,48-49H,5,10-11,16-26,41-42H2,1-2H3,(H,44,51)(H,45,50)(H,46,52)(H,54,55)/t30-,31-,32-,33-,34-/m1/s1. The number of amides is 4. The van der Waals surface area contributed by atoms with Crippen LogP contribution in [0.25, 0.3) is 0 Å². The minimum Gasteiger partial charge on any atom is -0.480 e. The van der Waals surface area contributed by atoms with E-state index in [0.29, 0.717) is 25.8 Å². The Labute approximate surface area is 324 Å². The number of aliphatic hydroxyl groups is 2. The minimum absolute atomic E-state index is 0.0284. The summed E-state index contributed by atoms with van der Waals surface area (Å²) >= 11 is 0. The van der Waals surface area contributed by atoms with Crippen molar-refractivity contribution < 1.29 is 39.3 Å². The maximum atomic E-state index is 14.0. The number of likely N-dealkylation sites (tertiary alicyclic amines) is 1. The molecule has 2 aromatic carbocycles. The molecule has 1 fully saturated rings. The molecule has 0 saturated carbocycles. The number of hydrogen-bond acceptors (Lipinski definition) is 10. The number of unbranched alkanes of at least 4 members (excludes halogenated alkanes) is 2. The molecule has 1 heterocycles. The highest BCUT2D eigenvalue weighted by Crippen LogP contribution is 2.22. The van der Waals surface area contributed by atoms with E-state index in [1.165, 1.54) is 4.90 Å². The number of carbonyl (C=O) groups is 5. The van der Waals surface area contributed by atoms with Crippen molar-refractivity contribution in [3.8, 4) is 0 Å². The van der Waals surface area contributed by atoms with E-state index >= 15 is 0 Å². The average molecular weight is 768 g/mol. The highest BCUT2D eigenvalue weighted by atomic mass is 16.4. The summed E-state index contributed by atoms with van der Waals surface area (Å²) in [6.45, 7) is 4.54. The first-order valence-electron chi connectivity index (χ1n) is 19.3. The molecule has 0 unspecified atom stereocenters. The Morgan fingerprint density at radius 3 is 1.89 bits per heavy atom. The Morgan fingerprint density at radius 1 is 0.782 bits per heavy atom. The predicted molar refractivity (Wildman–Crippen MR) is 208 cm³/mol. The third-order valence-corrected chi connectivity index (χ3v) is 9.84. The van der Waals surface area contributed by atoms with E-state index in [0.717, 1.165) is 17.5 Å². The molecule has 3 rings (SSSR count). The maximum Gasteiger partial charge on any atom is 0.323 e. The molecular weight excluding hydrogens is 706 g/mol. The zero-order valence-corrected chi connectivity index (χ0v) is 32.1. The molecule has 5 atom stereocenters. The minimum atomic E-state index is -1.43. The number of carbonyl (C=O) groups excluding carboxylic acids is 4. The first kappa shape index (κ1) is 45.0. The molecule has 1 aliphatic heterocycles. The van der Waals surface area contributed by atoms with Gasteiger partial charge in [-0.25, -0.2) is 0 Å². The third-order valence-electron chi connectivity index (χ3n) is 9.84. The van der Waals surface area contributed by atoms with E-state index in [1.807, 2.05) is 74.5 Å². The van der Waals surface area contributed by atoms with E-state index in [9.17, 15) is 34.2 Å². The van der Waals surface area contributed by atoms with Crippen molar-refractivity contribution in [3.63, 3.8) is 0 Å². The molecule has 2 aromatic rings. The molecule has 0 aliphatic carbocycles. The third kappa shape index (κ3) is 15.3. The molecule has 4 amide bonds. The van der Waals surface area contributed by atoms with Crippen molar-refractivity contribution >= 4 is 29.6 Å². The Hall–Kier alpha value is -4.41. The summed E-state index contributed by atoms with van der Waals surface area (Å²) in [5.74, 6) is -3.16. The number of hydrogen-bond donors (Lipinski definition) is 9. The number of aliphatic hydroxyl groups excluding tert-OH is 2. The van der Waals surface area contributed by atoms with Gasteiger partial charge in [0.15, 0.2) is 0 Å². The molecule has 55 heavy (non-hydrogen) atoms. The summed E-state index contributed by atoms with van der Waals surface area (Å²) in [5, 5.41) is 39.7. The van der Waals surface area contributed by atoms with Gasteiger partial charge in [-0.2, -0.15) is 0 Å². The van der Waals surface area contributed by atoms with Crippen LogP contribution in [0.1, 0.15) is 69.9 Å². The van der Waals surface area contributed by atoms with Crippen molar-refractivity contribution in [1.82, 2.24) is 26.2 Å². The first-order valence-corrected chi connectivity index (χ1v) is 19.3. The predicted octanol–water partition coefficient (Wildman–Crippen LogP) is 0.207. The van der Waals surface area contributed by atoms with Gasteiger partial charge >= 0.3 is 5.97 Å². The molecule has 0 aromatic heterocycles. The molecular formula is C40H61N7O8. The lowest BCUT2D eigenvalue weighted by Gasteiger charge is -2.38. The monoisotopic (exact) mass is 767 g/mol.